The van der Waals surface area contributed by atoms with Crippen LogP contribution in [0.4, 0.5) is 4.39 Å². The van der Waals surface area contributed by atoms with Gasteiger partial charge < -0.3 is 14.3 Å². The molecule has 0 saturated carbocycles. The maximum absolute atomic E-state index is 13.7. The lowest BCUT2D eigenvalue weighted by atomic mass is 10.2. The molecule has 1 aliphatic rings. The van der Waals surface area contributed by atoms with Crippen molar-refractivity contribution in [1.82, 2.24) is 29.9 Å². The van der Waals surface area contributed by atoms with E-state index in [2.05, 4.69) is 25.2 Å². The van der Waals surface area contributed by atoms with Crippen molar-refractivity contribution in [3.63, 3.8) is 0 Å². The van der Waals surface area contributed by atoms with Crippen molar-refractivity contribution in [3.05, 3.63) is 71.4 Å². The number of halogens is 1. The highest BCUT2D eigenvalue weighted by Crippen LogP contribution is 2.26. The van der Waals surface area contributed by atoms with Crippen molar-refractivity contribution >= 4 is 0 Å². The molecule has 0 unspecified atom stereocenters. The van der Waals surface area contributed by atoms with E-state index in [-0.39, 0.29) is 5.82 Å². The van der Waals surface area contributed by atoms with Crippen LogP contribution >= 0.6 is 0 Å². The van der Waals surface area contributed by atoms with Gasteiger partial charge in [-0.15, -0.1) is 10.2 Å². The molecule has 1 aromatic carbocycles. The monoisotopic (exact) mass is 392 g/mol. The highest BCUT2D eigenvalue weighted by molar-refractivity contribution is 5.57. The van der Waals surface area contributed by atoms with Crippen LogP contribution in [-0.2, 0) is 26.1 Å². The first-order valence-electron chi connectivity index (χ1n) is 9.70. The van der Waals surface area contributed by atoms with Crippen molar-refractivity contribution in [2.45, 2.75) is 39.4 Å². The van der Waals surface area contributed by atoms with Gasteiger partial charge in [0.25, 0.3) is 0 Å². The quantitative estimate of drug-likeness (QED) is 0.544. The molecule has 7 nitrogen and oxygen atoms in total. The third-order valence-electron chi connectivity index (χ3n) is 5.12. The number of nitrogens with zero attached hydrogens (tertiary/aromatic N) is 5. The standard InChI is InChI=1S/C21H21FN6O/c1-14-7-8-18(29-14)21-15(13-28(26-21)17-5-2-4-16(22)10-17)11-23-12-20-25-24-19-6-3-9-27(19)20/h2,4-5,7-8,10,13,23H,3,6,9,11-12H2,1H3. The first-order valence-corrected chi connectivity index (χ1v) is 9.70. The van der Waals surface area contributed by atoms with Gasteiger partial charge in [-0.1, -0.05) is 6.07 Å². The molecule has 0 bridgehead atoms. The average molecular weight is 392 g/mol. The fraction of sp³-hybridized carbons (Fsp3) is 0.286. The molecule has 29 heavy (non-hydrogen) atoms. The predicted molar refractivity (Wildman–Crippen MR) is 105 cm³/mol. The molecule has 1 N–H and O–H groups in total. The van der Waals surface area contributed by atoms with Crippen LogP contribution in [0.2, 0.25) is 0 Å². The minimum absolute atomic E-state index is 0.297. The Labute approximate surface area is 167 Å². The van der Waals surface area contributed by atoms with Gasteiger partial charge in [0, 0.05) is 31.3 Å². The van der Waals surface area contributed by atoms with E-state index in [0.29, 0.717) is 24.5 Å². The Morgan fingerprint density at radius 3 is 2.93 bits per heavy atom. The van der Waals surface area contributed by atoms with Gasteiger partial charge in [0.05, 0.1) is 12.2 Å². The fourth-order valence-corrected chi connectivity index (χ4v) is 3.71. The number of rotatable bonds is 6. The average Bonchev–Trinajstić information content (AvgIpc) is 3.47. The van der Waals surface area contributed by atoms with E-state index in [4.69, 9.17) is 4.42 Å². The zero-order valence-electron chi connectivity index (χ0n) is 16.1. The Balaban J connectivity index is 1.41. The maximum Gasteiger partial charge on any atom is 0.154 e. The summed E-state index contributed by atoms with van der Waals surface area (Å²) in [6, 6.07) is 10.2. The SMILES string of the molecule is Cc1ccc(-c2nn(-c3cccc(F)c3)cc2CNCc2nnc3n2CCC3)o1. The van der Waals surface area contributed by atoms with Crippen LogP contribution in [0.25, 0.3) is 17.1 Å². The molecule has 4 heterocycles. The topological polar surface area (TPSA) is 73.7 Å². The summed E-state index contributed by atoms with van der Waals surface area (Å²) < 4.78 is 23.3. The van der Waals surface area contributed by atoms with Gasteiger partial charge in [0.2, 0.25) is 0 Å². The van der Waals surface area contributed by atoms with E-state index in [9.17, 15) is 4.39 Å². The van der Waals surface area contributed by atoms with Gasteiger partial charge in [-0.2, -0.15) is 5.10 Å². The first kappa shape index (κ1) is 17.8. The van der Waals surface area contributed by atoms with Crippen LogP contribution in [0, 0.1) is 12.7 Å². The van der Waals surface area contributed by atoms with E-state index in [1.807, 2.05) is 31.3 Å². The lowest BCUT2D eigenvalue weighted by molar-refractivity contribution is 0.544. The number of hydrogen-bond donors (Lipinski definition) is 1. The number of hydrogen-bond acceptors (Lipinski definition) is 5. The van der Waals surface area contributed by atoms with Crippen LogP contribution in [0.5, 0.6) is 0 Å². The third-order valence-corrected chi connectivity index (χ3v) is 5.12. The Kier molecular flexibility index (Phi) is 4.48. The Morgan fingerprint density at radius 1 is 1.17 bits per heavy atom. The molecule has 8 heteroatoms. The lowest BCUT2D eigenvalue weighted by Crippen LogP contribution is -2.16. The minimum atomic E-state index is -0.297. The van der Waals surface area contributed by atoms with Crippen LogP contribution in [-0.4, -0.2) is 24.5 Å². The first-order chi connectivity index (χ1) is 14.2. The zero-order chi connectivity index (χ0) is 19.8. The van der Waals surface area contributed by atoms with E-state index < -0.39 is 0 Å². The molecule has 148 valence electrons. The van der Waals surface area contributed by atoms with E-state index in [1.165, 1.54) is 12.1 Å². The Morgan fingerprint density at radius 2 is 2.10 bits per heavy atom. The second kappa shape index (κ2) is 7.29. The molecular formula is C21H21FN6O. The molecule has 0 aliphatic carbocycles. The van der Waals surface area contributed by atoms with E-state index >= 15 is 0 Å². The summed E-state index contributed by atoms with van der Waals surface area (Å²) in [5, 5.41) is 16.6. The second-order valence-corrected chi connectivity index (χ2v) is 7.23. The molecule has 0 atom stereocenters. The number of aryl methyl sites for hydroxylation is 2. The van der Waals surface area contributed by atoms with E-state index in [0.717, 1.165) is 48.1 Å². The Bertz CT molecular complexity index is 1160. The Hall–Kier alpha value is -3.26. The molecule has 0 fully saturated rings. The van der Waals surface area contributed by atoms with Gasteiger partial charge in [-0.25, -0.2) is 9.07 Å². The number of aromatic nitrogens is 5. The molecule has 4 aromatic rings. The summed E-state index contributed by atoms with van der Waals surface area (Å²) in [5.41, 5.74) is 2.36. The van der Waals surface area contributed by atoms with Gasteiger partial charge in [-0.3, -0.25) is 0 Å². The van der Waals surface area contributed by atoms with Crippen LogP contribution in [0.15, 0.2) is 47.0 Å². The summed E-state index contributed by atoms with van der Waals surface area (Å²) in [6.45, 7) is 4.08. The van der Waals surface area contributed by atoms with Crippen LogP contribution in [0.3, 0.4) is 0 Å². The number of fused-ring (bicyclic) bond motifs is 1. The zero-order valence-corrected chi connectivity index (χ0v) is 16.1. The molecule has 0 radical (unpaired) electrons. The molecule has 5 rings (SSSR count). The lowest BCUT2D eigenvalue weighted by Gasteiger charge is -2.05. The van der Waals surface area contributed by atoms with Crippen molar-refractivity contribution in [2.75, 3.05) is 0 Å². The molecular weight excluding hydrogens is 371 g/mol. The summed E-state index contributed by atoms with van der Waals surface area (Å²) in [5.74, 6) is 3.22. The highest BCUT2D eigenvalue weighted by Gasteiger charge is 2.18. The van der Waals surface area contributed by atoms with E-state index in [1.54, 1.807) is 10.7 Å². The number of benzene rings is 1. The second-order valence-electron chi connectivity index (χ2n) is 7.23. The molecule has 0 saturated heterocycles. The van der Waals surface area contributed by atoms with Crippen molar-refractivity contribution in [2.24, 2.45) is 0 Å². The summed E-state index contributed by atoms with van der Waals surface area (Å²) in [6.07, 6.45) is 4.03. The summed E-state index contributed by atoms with van der Waals surface area (Å²) >= 11 is 0. The highest BCUT2D eigenvalue weighted by atomic mass is 19.1. The number of furan rings is 1. The van der Waals surface area contributed by atoms with Gasteiger partial charge >= 0.3 is 0 Å². The molecule has 0 amide bonds. The minimum Gasteiger partial charge on any atom is -0.460 e. The molecule has 1 aliphatic heterocycles. The van der Waals surface area contributed by atoms with Gasteiger partial charge in [0.15, 0.2) is 5.76 Å². The predicted octanol–water partition coefficient (Wildman–Crippen LogP) is 3.41. The summed E-state index contributed by atoms with van der Waals surface area (Å²) in [7, 11) is 0. The maximum atomic E-state index is 13.7. The van der Waals surface area contributed by atoms with Crippen LogP contribution in [0.1, 0.15) is 29.4 Å². The fourth-order valence-electron chi connectivity index (χ4n) is 3.71. The molecule has 0 spiro atoms. The van der Waals surface area contributed by atoms with Crippen molar-refractivity contribution < 1.29 is 8.81 Å². The summed E-state index contributed by atoms with van der Waals surface area (Å²) in [4.78, 5) is 0. The smallest absolute Gasteiger partial charge is 0.154 e. The van der Waals surface area contributed by atoms with Gasteiger partial charge in [0.1, 0.15) is 28.9 Å². The molecule has 3 aromatic heterocycles. The van der Waals surface area contributed by atoms with Gasteiger partial charge in [-0.05, 0) is 43.7 Å². The number of nitrogens with one attached hydrogen (secondary N) is 1. The van der Waals surface area contributed by atoms with Crippen LogP contribution < -0.4 is 5.32 Å². The van der Waals surface area contributed by atoms with Crippen molar-refractivity contribution in [1.29, 1.82) is 0 Å². The third kappa shape index (κ3) is 3.47. The largest absolute Gasteiger partial charge is 0.460 e. The normalized spacial score (nSPS) is 13.2. The van der Waals surface area contributed by atoms with Crippen molar-refractivity contribution in [3.8, 4) is 17.1 Å².